The third-order valence-electron chi connectivity index (χ3n) is 4.88. The third kappa shape index (κ3) is 3.46. The molecule has 0 radical (unpaired) electrons. The number of nitrogens with zero attached hydrogens (tertiary/aromatic N) is 1. The third-order valence-corrected chi connectivity index (χ3v) is 6.15. The predicted molar refractivity (Wildman–Crippen MR) is 106 cm³/mol. The van der Waals surface area contributed by atoms with Gasteiger partial charge in [0.25, 0.3) is 5.91 Å². The quantitative estimate of drug-likeness (QED) is 0.832. The van der Waals surface area contributed by atoms with Crippen molar-refractivity contribution in [1.29, 1.82) is 0 Å². The molecule has 2 aliphatic rings. The molecule has 2 aromatic carbocycles. The van der Waals surface area contributed by atoms with Crippen molar-refractivity contribution in [3.05, 3.63) is 53.1 Å². The fraction of sp³-hybridized carbons (Fsp3) is 0.300. The summed E-state index contributed by atoms with van der Waals surface area (Å²) in [4.78, 5) is 27.8. The molecule has 1 saturated carbocycles. The standard InChI is InChI=1S/C20H19ClN2O2S/c1-12-10-16(12)19(24)22-15-5-2-13(3-6-15)20(25)23-8-9-26-18-7-4-14(21)11-17(18)23/h2-7,11-12,16H,8-10H2,1H3,(H,22,24)/t12-,16-/m1/s1. The summed E-state index contributed by atoms with van der Waals surface area (Å²) >= 11 is 7.85. The predicted octanol–water partition coefficient (Wildman–Crippen LogP) is 4.69. The number of amides is 2. The van der Waals surface area contributed by atoms with Crippen LogP contribution in [0.2, 0.25) is 5.02 Å². The summed E-state index contributed by atoms with van der Waals surface area (Å²) in [7, 11) is 0. The maximum atomic E-state index is 13.0. The average Bonchev–Trinajstić information content (AvgIpc) is 3.38. The Labute approximate surface area is 161 Å². The lowest BCUT2D eigenvalue weighted by atomic mass is 10.1. The van der Waals surface area contributed by atoms with Gasteiger partial charge in [-0.05, 0) is 54.8 Å². The number of hydrogen-bond donors (Lipinski definition) is 1. The van der Waals surface area contributed by atoms with Crippen LogP contribution in [0.1, 0.15) is 23.7 Å². The van der Waals surface area contributed by atoms with E-state index in [1.165, 1.54) is 0 Å². The lowest BCUT2D eigenvalue weighted by molar-refractivity contribution is -0.117. The number of nitrogens with one attached hydrogen (secondary N) is 1. The van der Waals surface area contributed by atoms with Gasteiger partial charge in [-0.15, -0.1) is 11.8 Å². The molecule has 2 aromatic rings. The van der Waals surface area contributed by atoms with E-state index in [4.69, 9.17) is 11.6 Å². The average molecular weight is 387 g/mol. The van der Waals surface area contributed by atoms with E-state index in [1.54, 1.807) is 40.9 Å². The Kier molecular flexibility index (Phi) is 4.67. The SMILES string of the molecule is C[C@@H]1C[C@H]1C(=O)Nc1ccc(C(=O)N2CCSc3ccc(Cl)cc32)cc1. The molecule has 1 N–H and O–H groups in total. The van der Waals surface area contributed by atoms with Gasteiger partial charge in [0.2, 0.25) is 5.91 Å². The molecule has 0 saturated heterocycles. The molecule has 1 aliphatic carbocycles. The zero-order chi connectivity index (χ0) is 18.3. The number of carbonyl (C=O) groups is 2. The first-order valence-corrected chi connectivity index (χ1v) is 10.0. The highest BCUT2D eigenvalue weighted by atomic mass is 35.5. The van der Waals surface area contributed by atoms with Crippen LogP contribution in [0.25, 0.3) is 0 Å². The number of benzene rings is 2. The Hall–Kier alpha value is -1.98. The maximum Gasteiger partial charge on any atom is 0.258 e. The molecule has 0 bridgehead atoms. The van der Waals surface area contributed by atoms with Crippen LogP contribution in [-0.4, -0.2) is 24.1 Å². The minimum absolute atomic E-state index is 0.0532. The fourth-order valence-corrected chi connectivity index (χ4v) is 4.32. The summed E-state index contributed by atoms with van der Waals surface area (Å²) in [5, 5.41) is 3.54. The molecule has 1 fully saturated rings. The molecule has 1 aliphatic heterocycles. The van der Waals surface area contributed by atoms with Crippen molar-refractivity contribution in [2.45, 2.75) is 18.2 Å². The van der Waals surface area contributed by atoms with E-state index in [0.29, 0.717) is 23.0 Å². The van der Waals surface area contributed by atoms with Gasteiger partial charge < -0.3 is 10.2 Å². The normalized spacial score (nSPS) is 21.1. The summed E-state index contributed by atoms with van der Waals surface area (Å²) in [5.74, 6) is 1.47. The van der Waals surface area contributed by atoms with Crippen LogP contribution in [0.5, 0.6) is 0 Å². The molecule has 4 rings (SSSR count). The first kappa shape index (κ1) is 17.4. The number of anilines is 2. The number of fused-ring (bicyclic) bond motifs is 1. The second kappa shape index (κ2) is 6.97. The minimum atomic E-state index is -0.0532. The minimum Gasteiger partial charge on any atom is -0.326 e. The van der Waals surface area contributed by atoms with Gasteiger partial charge in [-0.25, -0.2) is 0 Å². The summed E-state index contributed by atoms with van der Waals surface area (Å²) in [6.07, 6.45) is 0.956. The fourth-order valence-electron chi connectivity index (χ4n) is 3.18. The van der Waals surface area contributed by atoms with Gasteiger partial charge in [0.05, 0.1) is 5.69 Å². The first-order valence-electron chi connectivity index (χ1n) is 8.68. The highest BCUT2D eigenvalue weighted by Crippen LogP contribution is 2.39. The molecule has 4 nitrogen and oxygen atoms in total. The van der Waals surface area contributed by atoms with Gasteiger partial charge >= 0.3 is 0 Å². The van der Waals surface area contributed by atoms with Gasteiger partial charge in [0.15, 0.2) is 0 Å². The van der Waals surface area contributed by atoms with E-state index >= 15 is 0 Å². The highest BCUT2D eigenvalue weighted by Gasteiger charge is 2.39. The van der Waals surface area contributed by atoms with Crippen LogP contribution in [0.4, 0.5) is 11.4 Å². The van der Waals surface area contributed by atoms with Crippen molar-refractivity contribution >= 4 is 46.6 Å². The van der Waals surface area contributed by atoms with Crippen LogP contribution in [-0.2, 0) is 4.79 Å². The van der Waals surface area contributed by atoms with E-state index in [-0.39, 0.29) is 17.7 Å². The van der Waals surface area contributed by atoms with E-state index in [9.17, 15) is 9.59 Å². The van der Waals surface area contributed by atoms with Crippen LogP contribution in [0, 0.1) is 11.8 Å². The zero-order valence-corrected chi connectivity index (χ0v) is 15.9. The van der Waals surface area contributed by atoms with Crippen molar-refractivity contribution in [1.82, 2.24) is 0 Å². The Morgan fingerprint density at radius 3 is 2.62 bits per heavy atom. The Bertz CT molecular complexity index is 869. The highest BCUT2D eigenvalue weighted by molar-refractivity contribution is 7.99. The van der Waals surface area contributed by atoms with Crippen molar-refractivity contribution in [2.24, 2.45) is 11.8 Å². The van der Waals surface area contributed by atoms with E-state index in [2.05, 4.69) is 12.2 Å². The molecule has 6 heteroatoms. The number of carbonyl (C=O) groups excluding carboxylic acids is 2. The first-order chi connectivity index (χ1) is 12.5. The lowest BCUT2D eigenvalue weighted by Gasteiger charge is -2.29. The topological polar surface area (TPSA) is 49.4 Å². The number of hydrogen-bond acceptors (Lipinski definition) is 3. The largest absolute Gasteiger partial charge is 0.326 e. The smallest absolute Gasteiger partial charge is 0.258 e. The van der Waals surface area contributed by atoms with Gasteiger partial charge in [-0.1, -0.05) is 18.5 Å². The molecule has 1 heterocycles. The van der Waals surface area contributed by atoms with Crippen LogP contribution < -0.4 is 10.2 Å². The second-order valence-electron chi connectivity index (χ2n) is 6.80. The van der Waals surface area contributed by atoms with Crippen molar-refractivity contribution in [2.75, 3.05) is 22.5 Å². The molecule has 2 atom stereocenters. The summed E-state index contributed by atoms with van der Waals surface area (Å²) in [6, 6.07) is 12.7. The van der Waals surface area contributed by atoms with Crippen LogP contribution in [0.3, 0.4) is 0 Å². The van der Waals surface area contributed by atoms with E-state index < -0.39 is 0 Å². The second-order valence-corrected chi connectivity index (χ2v) is 8.38. The Morgan fingerprint density at radius 1 is 1.19 bits per heavy atom. The molecule has 0 unspecified atom stereocenters. The van der Waals surface area contributed by atoms with Gasteiger partial charge in [-0.3, -0.25) is 9.59 Å². The lowest BCUT2D eigenvalue weighted by Crippen LogP contribution is -2.35. The molecular formula is C20H19ClN2O2S. The zero-order valence-electron chi connectivity index (χ0n) is 14.4. The van der Waals surface area contributed by atoms with Crippen molar-refractivity contribution in [3.63, 3.8) is 0 Å². The monoisotopic (exact) mass is 386 g/mol. The number of rotatable bonds is 3. The molecule has 2 amide bonds. The van der Waals surface area contributed by atoms with Gasteiger partial charge in [-0.2, -0.15) is 0 Å². The van der Waals surface area contributed by atoms with E-state index in [1.807, 2.05) is 18.2 Å². The van der Waals surface area contributed by atoms with Crippen LogP contribution >= 0.6 is 23.4 Å². The molecule has 26 heavy (non-hydrogen) atoms. The summed E-state index contributed by atoms with van der Waals surface area (Å²) in [5.41, 5.74) is 2.18. The summed E-state index contributed by atoms with van der Waals surface area (Å²) in [6.45, 7) is 2.72. The van der Waals surface area contributed by atoms with E-state index in [0.717, 1.165) is 28.4 Å². The van der Waals surface area contributed by atoms with Crippen molar-refractivity contribution in [3.8, 4) is 0 Å². The number of halogens is 1. The molecule has 0 spiro atoms. The van der Waals surface area contributed by atoms with Crippen molar-refractivity contribution < 1.29 is 9.59 Å². The molecule has 134 valence electrons. The van der Waals surface area contributed by atoms with Gasteiger partial charge in [0.1, 0.15) is 0 Å². The molecule has 0 aromatic heterocycles. The summed E-state index contributed by atoms with van der Waals surface area (Å²) < 4.78 is 0. The Balaban J connectivity index is 1.50. The van der Waals surface area contributed by atoms with Gasteiger partial charge in [0, 0.05) is 39.4 Å². The molecular weight excluding hydrogens is 368 g/mol. The maximum absolute atomic E-state index is 13.0. The van der Waals surface area contributed by atoms with Crippen LogP contribution in [0.15, 0.2) is 47.4 Å². The Morgan fingerprint density at radius 2 is 1.92 bits per heavy atom. The number of thioether (sulfide) groups is 1.